The van der Waals surface area contributed by atoms with E-state index in [1.165, 1.54) is 23.1 Å². The molecule has 1 N–H and O–H groups in total. The van der Waals surface area contributed by atoms with Gasteiger partial charge < -0.3 is 15.0 Å². The van der Waals surface area contributed by atoms with Crippen molar-refractivity contribution in [2.45, 2.75) is 26.4 Å². The first kappa shape index (κ1) is 16.9. The van der Waals surface area contributed by atoms with Crippen molar-refractivity contribution in [2.75, 3.05) is 20.7 Å². The number of carbonyl (C=O) groups is 1. The Balaban J connectivity index is 2.89. The van der Waals surface area contributed by atoms with E-state index in [-0.39, 0.29) is 24.2 Å². The van der Waals surface area contributed by atoms with E-state index in [1.54, 1.807) is 14.1 Å². The van der Waals surface area contributed by atoms with E-state index < -0.39 is 4.92 Å². The molecule has 0 saturated carbocycles. The molecule has 0 bridgehead atoms. The standard InChI is InChI=1S/C14H21N3O4/c1-10(2)15-8-11-7-12(17(19)20)5-6-13(11)21-9-14(18)16(3)4/h5-7,10,15H,8-9H2,1-4H3. The van der Waals surface area contributed by atoms with Crippen LogP contribution >= 0.6 is 0 Å². The predicted octanol–water partition coefficient (Wildman–Crippen LogP) is 1.56. The van der Waals surface area contributed by atoms with Gasteiger partial charge in [0.25, 0.3) is 11.6 Å². The van der Waals surface area contributed by atoms with Crippen molar-refractivity contribution in [3.05, 3.63) is 33.9 Å². The molecule has 1 aromatic rings. The number of nitro benzene ring substituents is 1. The monoisotopic (exact) mass is 295 g/mol. The van der Waals surface area contributed by atoms with Crippen LogP contribution in [0.4, 0.5) is 5.69 Å². The average Bonchev–Trinajstić information content (AvgIpc) is 2.42. The second-order valence-corrected chi connectivity index (χ2v) is 5.16. The number of hydrogen-bond acceptors (Lipinski definition) is 5. The molecule has 21 heavy (non-hydrogen) atoms. The molecule has 0 spiro atoms. The molecule has 0 aliphatic rings. The molecule has 1 aromatic carbocycles. The van der Waals surface area contributed by atoms with Crippen molar-refractivity contribution in [1.29, 1.82) is 0 Å². The van der Waals surface area contributed by atoms with Gasteiger partial charge in [-0.3, -0.25) is 14.9 Å². The number of carbonyl (C=O) groups excluding carboxylic acids is 1. The minimum Gasteiger partial charge on any atom is -0.483 e. The van der Waals surface area contributed by atoms with Crippen LogP contribution in [0.1, 0.15) is 19.4 Å². The maximum Gasteiger partial charge on any atom is 0.270 e. The maximum atomic E-state index is 11.5. The van der Waals surface area contributed by atoms with Gasteiger partial charge in [0.2, 0.25) is 0 Å². The Morgan fingerprint density at radius 3 is 2.62 bits per heavy atom. The van der Waals surface area contributed by atoms with Crippen LogP contribution < -0.4 is 10.1 Å². The lowest BCUT2D eigenvalue weighted by molar-refractivity contribution is -0.384. The Morgan fingerprint density at radius 2 is 2.10 bits per heavy atom. The SMILES string of the molecule is CC(C)NCc1cc([N+](=O)[O-])ccc1OCC(=O)N(C)C. The quantitative estimate of drug-likeness (QED) is 0.609. The molecule has 7 heteroatoms. The number of ether oxygens (including phenoxy) is 1. The lowest BCUT2D eigenvalue weighted by atomic mass is 10.1. The third-order valence-electron chi connectivity index (χ3n) is 2.81. The smallest absolute Gasteiger partial charge is 0.270 e. The highest BCUT2D eigenvalue weighted by Gasteiger charge is 2.13. The topological polar surface area (TPSA) is 84.7 Å². The van der Waals surface area contributed by atoms with E-state index in [0.717, 1.165) is 0 Å². The highest BCUT2D eigenvalue weighted by molar-refractivity contribution is 5.77. The van der Waals surface area contributed by atoms with Gasteiger partial charge in [0, 0.05) is 44.4 Å². The molecule has 0 fully saturated rings. The number of likely N-dealkylation sites (N-methyl/N-ethyl adjacent to an activating group) is 1. The van der Waals surface area contributed by atoms with Crippen molar-refractivity contribution in [2.24, 2.45) is 0 Å². The second kappa shape index (κ2) is 7.58. The minimum absolute atomic E-state index is 0.00171. The van der Waals surface area contributed by atoms with E-state index >= 15 is 0 Å². The van der Waals surface area contributed by atoms with Crippen molar-refractivity contribution < 1.29 is 14.5 Å². The van der Waals surface area contributed by atoms with Crippen LogP contribution in [0, 0.1) is 10.1 Å². The molecule has 116 valence electrons. The lowest BCUT2D eigenvalue weighted by Gasteiger charge is -2.15. The van der Waals surface area contributed by atoms with E-state index in [2.05, 4.69) is 5.32 Å². The fraction of sp³-hybridized carbons (Fsp3) is 0.500. The molecule has 0 atom stereocenters. The van der Waals surface area contributed by atoms with E-state index in [9.17, 15) is 14.9 Å². The molecule has 1 amide bonds. The largest absolute Gasteiger partial charge is 0.483 e. The number of non-ortho nitro benzene ring substituents is 1. The molecule has 1 rings (SSSR count). The lowest BCUT2D eigenvalue weighted by Crippen LogP contribution is -2.28. The summed E-state index contributed by atoms with van der Waals surface area (Å²) in [6.07, 6.45) is 0. The van der Waals surface area contributed by atoms with E-state index in [1.807, 2.05) is 13.8 Å². The van der Waals surface area contributed by atoms with Crippen LogP contribution in [-0.2, 0) is 11.3 Å². The number of benzene rings is 1. The summed E-state index contributed by atoms with van der Waals surface area (Å²) < 4.78 is 5.47. The molecule has 0 unspecified atom stereocenters. The first-order valence-electron chi connectivity index (χ1n) is 6.65. The highest BCUT2D eigenvalue weighted by atomic mass is 16.6. The summed E-state index contributed by atoms with van der Waals surface area (Å²) in [5, 5.41) is 14.0. The van der Waals surface area contributed by atoms with E-state index in [4.69, 9.17) is 4.74 Å². The molecule has 0 heterocycles. The maximum absolute atomic E-state index is 11.5. The predicted molar refractivity (Wildman–Crippen MR) is 79.3 cm³/mol. The van der Waals surface area contributed by atoms with Crippen molar-refractivity contribution in [3.63, 3.8) is 0 Å². The van der Waals surface area contributed by atoms with Crippen LogP contribution in [0.3, 0.4) is 0 Å². The molecular formula is C14H21N3O4. The number of hydrogen-bond donors (Lipinski definition) is 1. The summed E-state index contributed by atoms with van der Waals surface area (Å²) in [6.45, 7) is 4.30. The normalized spacial score (nSPS) is 10.5. The molecule has 7 nitrogen and oxygen atoms in total. The molecule has 0 radical (unpaired) electrons. The van der Waals surface area contributed by atoms with Gasteiger partial charge in [-0.1, -0.05) is 13.8 Å². The number of nitrogens with one attached hydrogen (secondary N) is 1. The van der Waals surface area contributed by atoms with Gasteiger partial charge in [0.05, 0.1) is 4.92 Å². The zero-order valence-corrected chi connectivity index (χ0v) is 12.8. The number of nitrogens with zero attached hydrogens (tertiary/aromatic N) is 2. The van der Waals surface area contributed by atoms with Gasteiger partial charge in [-0.05, 0) is 6.07 Å². The molecular weight excluding hydrogens is 274 g/mol. The number of nitro groups is 1. The summed E-state index contributed by atoms with van der Waals surface area (Å²) in [5.41, 5.74) is 0.659. The van der Waals surface area contributed by atoms with Gasteiger partial charge in [-0.25, -0.2) is 0 Å². The molecule has 0 aromatic heterocycles. The van der Waals surface area contributed by atoms with Crippen molar-refractivity contribution >= 4 is 11.6 Å². The highest BCUT2D eigenvalue weighted by Crippen LogP contribution is 2.24. The van der Waals surface area contributed by atoms with Crippen LogP contribution in [0.5, 0.6) is 5.75 Å². The summed E-state index contributed by atoms with van der Waals surface area (Å²) >= 11 is 0. The Labute approximate surface area is 124 Å². The molecule has 0 saturated heterocycles. The summed E-state index contributed by atoms with van der Waals surface area (Å²) in [5.74, 6) is 0.306. The van der Waals surface area contributed by atoms with Gasteiger partial charge in [0.1, 0.15) is 5.75 Å². The zero-order chi connectivity index (χ0) is 16.0. The second-order valence-electron chi connectivity index (χ2n) is 5.16. The van der Waals surface area contributed by atoms with Gasteiger partial charge in [0.15, 0.2) is 6.61 Å². The van der Waals surface area contributed by atoms with Crippen LogP contribution in [0.2, 0.25) is 0 Å². The third-order valence-corrected chi connectivity index (χ3v) is 2.81. The zero-order valence-electron chi connectivity index (χ0n) is 12.8. The van der Waals surface area contributed by atoms with Crippen LogP contribution in [-0.4, -0.2) is 42.5 Å². The number of rotatable bonds is 7. The van der Waals surface area contributed by atoms with Crippen LogP contribution in [0.15, 0.2) is 18.2 Å². The Kier molecular flexibility index (Phi) is 6.10. The molecule has 0 aliphatic heterocycles. The summed E-state index contributed by atoms with van der Waals surface area (Å²) in [7, 11) is 3.28. The van der Waals surface area contributed by atoms with Crippen molar-refractivity contribution in [1.82, 2.24) is 10.2 Å². The first-order chi connectivity index (χ1) is 9.81. The first-order valence-corrected chi connectivity index (χ1v) is 6.65. The van der Waals surface area contributed by atoms with Gasteiger partial charge >= 0.3 is 0 Å². The fourth-order valence-corrected chi connectivity index (χ4v) is 1.54. The van der Waals surface area contributed by atoms with Gasteiger partial charge in [-0.15, -0.1) is 0 Å². The van der Waals surface area contributed by atoms with E-state index in [0.29, 0.717) is 17.9 Å². The Hall–Kier alpha value is -2.15. The fourth-order valence-electron chi connectivity index (χ4n) is 1.54. The number of amides is 1. The van der Waals surface area contributed by atoms with Crippen molar-refractivity contribution in [3.8, 4) is 5.75 Å². The Bertz CT molecular complexity index is 515. The summed E-state index contributed by atoms with van der Waals surface area (Å²) in [6, 6.07) is 4.60. The van der Waals surface area contributed by atoms with Gasteiger partial charge in [-0.2, -0.15) is 0 Å². The van der Waals surface area contributed by atoms with Crippen LogP contribution in [0.25, 0.3) is 0 Å². The molecule has 0 aliphatic carbocycles. The Morgan fingerprint density at radius 1 is 1.43 bits per heavy atom. The minimum atomic E-state index is -0.451. The third kappa shape index (κ3) is 5.39. The summed E-state index contributed by atoms with van der Waals surface area (Å²) in [4.78, 5) is 23.4. The average molecular weight is 295 g/mol.